The van der Waals surface area contributed by atoms with Crippen molar-refractivity contribution in [1.29, 1.82) is 0 Å². The zero-order chi connectivity index (χ0) is 23.8. The van der Waals surface area contributed by atoms with Gasteiger partial charge in [0, 0.05) is 5.41 Å². The average Bonchev–Trinajstić information content (AvgIpc) is 3.25. The highest BCUT2D eigenvalue weighted by molar-refractivity contribution is 6.42. The van der Waals surface area contributed by atoms with Gasteiger partial charge in [0.15, 0.2) is 17.2 Å². The standard InChI is InChI=1S/C25H18Cl2N4O3/c1-25(2,3)24-29-21-19-17(12-8-9-14(26)15(27)10-12)18-20(34-22(19)28-11-31(21)30-24)13-6-4-5-7-16(13)33-23(18)32/h4-11,17H,1-3H3. The van der Waals surface area contributed by atoms with Gasteiger partial charge < -0.3 is 9.15 Å². The minimum Gasteiger partial charge on any atom is -0.437 e. The molecule has 6 rings (SSSR count). The van der Waals surface area contributed by atoms with Gasteiger partial charge in [-0.1, -0.05) is 62.2 Å². The van der Waals surface area contributed by atoms with Gasteiger partial charge in [0.2, 0.25) is 5.88 Å². The van der Waals surface area contributed by atoms with E-state index in [-0.39, 0.29) is 5.41 Å². The Morgan fingerprint density at radius 3 is 2.59 bits per heavy atom. The van der Waals surface area contributed by atoms with Crippen molar-refractivity contribution >= 4 is 39.8 Å². The van der Waals surface area contributed by atoms with Crippen molar-refractivity contribution in [2.24, 2.45) is 0 Å². The van der Waals surface area contributed by atoms with Crippen molar-refractivity contribution in [2.45, 2.75) is 32.1 Å². The zero-order valence-electron chi connectivity index (χ0n) is 18.5. The third-order valence-electron chi connectivity index (χ3n) is 5.91. The summed E-state index contributed by atoms with van der Waals surface area (Å²) in [4.78, 5) is 22.7. The lowest BCUT2D eigenvalue weighted by atomic mass is 9.84. The Hall–Kier alpha value is -3.42. The number of aromatic nitrogens is 4. The highest BCUT2D eigenvalue weighted by Gasteiger charge is 2.38. The number of rotatable bonds is 1. The van der Waals surface area contributed by atoms with Gasteiger partial charge in [-0.25, -0.2) is 19.3 Å². The van der Waals surface area contributed by atoms with Gasteiger partial charge in [-0.05, 0) is 29.8 Å². The third kappa shape index (κ3) is 3.11. The second-order valence-electron chi connectivity index (χ2n) is 9.25. The Labute approximate surface area is 203 Å². The number of hydrogen-bond donors (Lipinski definition) is 0. The number of fused-ring (bicyclic) bond motifs is 6. The van der Waals surface area contributed by atoms with Crippen LogP contribution in [0.15, 0.2) is 58.0 Å². The van der Waals surface area contributed by atoms with Crippen LogP contribution in [-0.4, -0.2) is 19.6 Å². The van der Waals surface area contributed by atoms with Crippen LogP contribution in [0.5, 0.6) is 11.6 Å². The lowest BCUT2D eigenvalue weighted by Gasteiger charge is -2.27. The van der Waals surface area contributed by atoms with Crippen LogP contribution in [0.2, 0.25) is 10.0 Å². The Morgan fingerprint density at radius 1 is 1.03 bits per heavy atom. The van der Waals surface area contributed by atoms with Gasteiger partial charge >= 0.3 is 5.63 Å². The highest BCUT2D eigenvalue weighted by atomic mass is 35.5. The lowest BCUT2D eigenvalue weighted by molar-refractivity contribution is 0.422. The van der Waals surface area contributed by atoms with Gasteiger partial charge in [0.25, 0.3) is 0 Å². The molecular formula is C25H18Cl2N4O3. The number of halogens is 2. The number of ether oxygens (including phenoxy) is 1. The van der Waals surface area contributed by atoms with Crippen molar-refractivity contribution in [3.8, 4) is 11.6 Å². The van der Waals surface area contributed by atoms with Crippen molar-refractivity contribution in [3.05, 3.63) is 91.8 Å². The van der Waals surface area contributed by atoms with Crippen LogP contribution in [0.4, 0.5) is 0 Å². The molecule has 170 valence electrons. The summed E-state index contributed by atoms with van der Waals surface area (Å²) in [6.07, 6.45) is 1.57. The highest BCUT2D eigenvalue weighted by Crippen LogP contribution is 2.49. The molecule has 1 aliphatic heterocycles. The molecule has 34 heavy (non-hydrogen) atoms. The first kappa shape index (κ1) is 21.1. The van der Waals surface area contributed by atoms with Crippen LogP contribution in [0.25, 0.3) is 16.6 Å². The minimum atomic E-state index is -0.609. The molecule has 0 fully saturated rings. The van der Waals surface area contributed by atoms with E-state index in [2.05, 4.69) is 10.1 Å². The molecular weight excluding hydrogens is 475 g/mol. The van der Waals surface area contributed by atoms with Crippen molar-refractivity contribution in [3.63, 3.8) is 0 Å². The molecule has 2 aromatic carbocycles. The van der Waals surface area contributed by atoms with Gasteiger partial charge in [-0.2, -0.15) is 0 Å². The largest absolute Gasteiger partial charge is 0.437 e. The summed E-state index contributed by atoms with van der Waals surface area (Å²) in [6, 6.07) is 12.5. The van der Waals surface area contributed by atoms with Crippen LogP contribution in [0, 0.1) is 0 Å². The molecule has 0 spiro atoms. The Bertz CT molecular complexity index is 1680. The van der Waals surface area contributed by atoms with Crippen molar-refractivity contribution in [1.82, 2.24) is 19.6 Å². The first-order chi connectivity index (χ1) is 16.2. The van der Waals surface area contributed by atoms with Crippen LogP contribution in [0.3, 0.4) is 0 Å². The Balaban J connectivity index is 1.73. The Morgan fingerprint density at radius 2 is 1.82 bits per heavy atom. The van der Waals surface area contributed by atoms with Crippen LogP contribution < -0.4 is 10.4 Å². The van der Waals surface area contributed by atoms with E-state index in [1.165, 1.54) is 0 Å². The minimum absolute atomic E-state index is 0.291. The van der Waals surface area contributed by atoms with Gasteiger partial charge in [0.1, 0.15) is 11.9 Å². The van der Waals surface area contributed by atoms with E-state index >= 15 is 0 Å². The van der Waals surface area contributed by atoms with E-state index in [0.29, 0.717) is 55.2 Å². The number of benzene rings is 2. The van der Waals surface area contributed by atoms with Gasteiger partial charge in [-0.3, -0.25) is 0 Å². The maximum absolute atomic E-state index is 13.4. The number of para-hydroxylation sites is 1. The first-order valence-corrected chi connectivity index (χ1v) is 11.4. The summed E-state index contributed by atoms with van der Waals surface area (Å²) in [5, 5.41) is 6.08. The summed E-state index contributed by atoms with van der Waals surface area (Å²) < 4.78 is 13.6. The predicted molar refractivity (Wildman–Crippen MR) is 129 cm³/mol. The monoisotopic (exact) mass is 492 g/mol. The number of hydrogen-bond acceptors (Lipinski definition) is 6. The molecule has 4 heterocycles. The first-order valence-electron chi connectivity index (χ1n) is 10.7. The van der Waals surface area contributed by atoms with Crippen molar-refractivity contribution < 1.29 is 9.15 Å². The summed E-state index contributed by atoms with van der Waals surface area (Å²) in [5.41, 5.74) is 1.87. The molecule has 0 saturated heterocycles. The molecule has 1 aliphatic rings. The topological polar surface area (TPSA) is 82.5 Å². The summed E-state index contributed by atoms with van der Waals surface area (Å²) in [7, 11) is 0. The molecule has 0 saturated carbocycles. The van der Waals surface area contributed by atoms with E-state index in [4.69, 9.17) is 37.3 Å². The van der Waals surface area contributed by atoms with Gasteiger partial charge in [0.05, 0.1) is 32.5 Å². The van der Waals surface area contributed by atoms with Crippen LogP contribution in [0.1, 0.15) is 49.2 Å². The average molecular weight is 493 g/mol. The molecule has 0 amide bonds. The zero-order valence-corrected chi connectivity index (χ0v) is 20.0. The fourth-order valence-corrected chi connectivity index (χ4v) is 4.58. The van der Waals surface area contributed by atoms with Crippen LogP contribution >= 0.6 is 23.2 Å². The van der Waals surface area contributed by atoms with Gasteiger partial charge in [-0.15, -0.1) is 5.10 Å². The van der Waals surface area contributed by atoms with E-state index in [9.17, 15) is 4.79 Å². The summed E-state index contributed by atoms with van der Waals surface area (Å²) in [5.74, 6) is 0.789. The van der Waals surface area contributed by atoms with Crippen molar-refractivity contribution in [2.75, 3.05) is 0 Å². The van der Waals surface area contributed by atoms with E-state index in [0.717, 1.165) is 5.56 Å². The maximum Gasteiger partial charge on any atom is 0.344 e. The Kier molecular flexibility index (Phi) is 4.53. The normalized spacial score (nSPS) is 15.3. The molecule has 0 bridgehead atoms. The number of nitrogens with zero attached hydrogens (tertiary/aromatic N) is 4. The summed E-state index contributed by atoms with van der Waals surface area (Å²) >= 11 is 12.6. The molecule has 5 aromatic rings. The molecule has 7 nitrogen and oxygen atoms in total. The lowest BCUT2D eigenvalue weighted by Crippen LogP contribution is -2.22. The molecule has 1 atom stereocenters. The molecule has 0 aliphatic carbocycles. The fraction of sp³-hybridized carbons (Fsp3) is 0.200. The summed E-state index contributed by atoms with van der Waals surface area (Å²) in [6.45, 7) is 6.10. The SMILES string of the molecule is CC(C)(C)c1nc2c3c(ncn2n1)Oc1c(c(=O)oc2ccccc12)C3c1ccc(Cl)c(Cl)c1. The fourth-order valence-electron chi connectivity index (χ4n) is 4.27. The molecule has 9 heteroatoms. The molecule has 3 aromatic heterocycles. The smallest absolute Gasteiger partial charge is 0.344 e. The second kappa shape index (κ2) is 7.29. The van der Waals surface area contributed by atoms with E-state index < -0.39 is 11.5 Å². The molecule has 1 unspecified atom stereocenters. The molecule has 0 N–H and O–H groups in total. The second-order valence-corrected chi connectivity index (χ2v) is 10.1. The van der Waals surface area contributed by atoms with E-state index in [1.54, 1.807) is 35.1 Å². The van der Waals surface area contributed by atoms with E-state index in [1.807, 2.05) is 39.0 Å². The predicted octanol–water partition coefficient (Wildman–Crippen LogP) is 6.12. The molecule has 0 radical (unpaired) electrons. The third-order valence-corrected chi connectivity index (χ3v) is 6.65. The van der Waals surface area contributed by atoms with Crippen LogP contribution in [-0.2, 0) is 5.41 Å². The maximum atomic E-state index is 13.4. The quantitative estimate of drug-likeness (QED) is 0.257.